The number of benzene rings is 1. The number of rotatable bonds is 25. The van der Waals surface area contributed by atoms with Crippen molar-refractivity contribution in [3.63, 3.8) is 0 Å². The van der Waals surface area contributed by atoms with E-state index in [9.17, 15) is 49.5 Å². The number of hydrogen-bond acceptors (Lipinski definition) is 28. The number of hydrogen-bond donors (Lipinski definition) is 8. The molecular formula is C65H90IN3O23S3. The van der Waals surface area contributed by atoms with Crippen molar-refractivity contribution in [2.24, 2.45) is 11.3 Å². The lowest BCUT2D eigenvalue weighted by Gasteiger charge is -2.47. The van der Waals surface area contributed by atoms with Crippen LogP contribution in [0.5, 0.6) is 17.2 Å². The molecular weight excluding hydrogens is 1410 g/mol. The third kappa shape index (κ3) is 18.5. The number of carbonyl (C=O) groups excluding carboxylic acids is 5. The Balaban J connectivity index is 1.15. The minimum absolute atomic E-state index is 0.00667. The lowest BCUT2D eigenvalue weighted by Crippen LogP contribution is -2.65. The zero-order chi connectivity index (χ0) is 70.2. The van der Waals surface area contributed by atoms with E-state index in [0.29, 0.717) is 9.13 Å². The van der Waals surface area contributed by atoms with E-state index in [-0.39, 0.29) is 82.8 Å². The molecule has 6 aliphatic rings. The van der Waals surface area contributed by atoms with Crippen molar-refractivity contribution in [1.29, 1.82) is 0 Å². The van der Waals surface area contributed by atoms with Crippen LogP contribution in [0.25, 0.3) is 0 Å². The first-order valence-corrected chi connectivity index (χ1v) is 35.2. The van der Waals surface area contributed by atoms with Crippen LogP contribution in [0.15, 0.2) is 35.1 Å². The van der Waals surface area contributed by atoms with Gasteiger partial charge in [-0.2, -0.15) is 5.48 Å². The van der Waals surface area contributed by atoms with Gasteiger partial charge in [0.05, 0.1) is 97.0 Å². The highest BCUT2D eigenvalue weighted by atomic mass is 127. The molecule has 0 spiro atoms. The van der Waals surface area contributed by atoms with Crippen LogP contribution in [-0.2, 0) is 61.9 Å². The zero-order valence-electron chi connectivity index (χ0n) is 56.1. The quantitative estimate of drug-likeness (QED) is 0.0219. The van der Waals surface area contributed by atoms with Gasteiger partial charge in [-0.25, -0.2) is 4.79 Å². The van der Waals surface area contributed by atoms with Crippen molar-refractivity contribution in [2.45, 2.75) is 215 Å². The summed E-state index contributed by atoms with van der Waals surface area (Å²) in [4.78, 5) is 74.1. The summed E-state index contributed by atoms with van der Waals surface area (Å²) in [5, 5.41) is 63.0. The van der Waals surface area contributed by atoms with Crippen LogP contribution in [0.3, 0.4) is 0 Å². The van der Waals surface area contributed by atoms with E-state index in [0.717, 1.165) is 18.9 Å². The van der Waals surface area contributed by atoms with Crippen LogP contribution in [0.1, 0.15) is 104 Å². The minimum atomic E-state index is -2.17. The van der Waals surface area contributed by atoms with Crippen molar-refractivity contribution >= 4 is 84.5 Å². The molecule has 4 fully saturated rings. The monoisotopic (exact) mass is 1500 g/mol. The standard InChI is InChI=1S/C65H90IN3O23S3/c1-30-44(53(81-13)57(83-15)54(46(30)66)91-60-52(76)55(82-14)50(74)33(4)88-60)59(77)94-58-34(5)86-43(25-37(58)71)92-69-48-32(3)87-61(56(51(48)75)90-42-26-40(80-12)35(29-85-42)47(67-11)31(2)70)89-39-21-19-17-18-20-23-65(79)27-38(72)49(68-62(78)84-16)45(39)36(65)22-24-93-95-64(9,10)28-41(73)63(6,7)8/h17-18,22,32-35,37,39-40,42-43,47-48,50-52,55-56,58,60-61,67,69,71,74-76,79H,24-29H2,1-16H3,(H,68,78)/b18-17-,36-22+/t32?,33?,34?,35?,37?,39-,40?,42?,43?,47?,48?,50?,51?,52?,55?,56?,58?,60?,61?,65-/m0/s1. The topological polar surface area (TPSA) is 343 Å². The van der Waals surface area contributed by atoms with E-state index in [2.05, 4.69) is 39.8 Å². The number of nitrogens with one attached hydrogen (secondary N) is 3. The van der Waals surface area contributed by atoms with Gasteiger partial charge in [-0.15, -0.1) is 0 Å². The Kier molecular flexibility index (Phi) is 28.0. The maximum atomic E-state index is 14.5. The van der Waals surface area contributed by atoms with E-state index < -0.39 is 155 Å². The van der Waals surface area contributed by atoms with Crippen LogP contribution in [0, 0.1) is 45.5 Å². The van der Waals surface area contributed by atoms with E-state index in [1.54, 1.807) is 40.8 Å². The summed E-state index contributed by atoms with van der Waals surface area (Å²) in [5.41, 5.74) is 0.339. The number of alkyl carbamates (subject to hydrolysis) is 1. The predicted octanol–water partition coefficient (Wildman–Crippen LogP) is 4.52. The van der Waals surface area contributed by atoms with Gasteiger partial charge in [0, 0.05) is 66.5 Å². The number of aliphatic hydroxyl groups is 5. The van der Waals surface area contributed by atoms with E-state index in [4.69, 9.17) is 61.7 Å². The zero-order valence-corrected chi connectivity index (χ0v) is 60.7. The first-order valence-electron chi connectivity index (χ1n) is 30.9. The molecule has 1 amide bonds. The molecule has 30 heteroatoms. The van der Waals surface area contributed by atoms with Crippen LogP contribution < -0.4 is 30.3 Å². The lowest BCUT2D eigenvalue weighted by atomic mass is 9.75. The summed E-state index contributed by atoms with van der Waals surface area (Å²) < 4.78 is 72.5. The van der Waals surface area contributed by atoms with Gasteiger partial charge >= 0.3 is 6.09 Å². The normalized spacial score (nSPS) is 33.8. The Morgan fingerprint density at radius 2 is 1.54 bits per heavy atom. The van der Waals surface area contributed by atoms with Gasteiger partial charge in [0.1, 0.15) is 48.2 Å². The number of likely N-dealkylation sites (N-methyl/N-ethyl adjacent to an activating group) is 1. The Bertz CT molecular complexity index is 3170. The molecule has 7 rings (SSSR count). The second-order valence-corrected chi connectivity index (χ2v) is 30.7. The second kappa shape index (κ2) is 33.9. The Morgan fingerprint density at radius 3 is 2.16 bits per heavy atom. The molecule has 528 valence electrons. The lowest BCUT2D eigenvalue weighted by molar-refractivity contribution is -0.338. The van der Waals surface area contributed by atoms with Gasteiger partial charge in [-0.05, 0) is 95.8 Å². The SMILES string of the molecule is CNC(C(C)=O)C1COC(OC2C(O[C@H]3C#C/C=C\C#C[C@]4(O)CC(=O)C(NC(=O)OC)=C3/C4=C\CSSC(C)(C)CC(=O)C(C)(C)C)OC(C)C(NOC3CC(O)C(SC(=O)c4c(C)c(I)c(OC5OC(C)C(O)C(OC)C5O)c(OC)c4OC)C(C)O3)C2O)CC1OC. The number of Topliss-reactive ketones (excluding diaryl/α,β-unsaturated/α-hetero) is 3. The fourth-order valence-corrected chi connectivity index (χ4v) is 16.0. The van der Waals surface area contributed by atoms with E-state index in [1.165, 1.54) is 69.1 Å². The largest absolute Gasteiger partial charge is 0.492 e. The number of carbonyl (C=O) groups is 5. The Morgan fingerprint density at radius 1 is 0.853 bits per heavy atom. The molecule has 2 bridgehead atoms. The molecule has 0 aromatic heterocycles. The highest BCUT2D eigenvalue weighted by Crippen LogP contribution is 2.50. The van der Waals surface area contributed by atoms with Gasteiger partial charge in [-0.3, -0.25) is 29.3 Å². The summed E-state index contributed by atoms with van der Waals surface area (Å²) >= 11 is 2.79. The van der Waals surface area contributed by atoms with Crippen LogP contribution in [0.4, 0.5) is 4.79 Å². The number of ketones is 3. The Hall–Kier alpha value is -3.95. The van der Waals surface area contributed by atoms with Crippen LogP contribution >= 0.6 is 55.9 Å². The molecule has 0 radical (unpaired) electrons. The average molecular weight is 1500 g/mol. The first-order chi connectivity index (χ1) is 44.8. The Labute approximate surface area is 580 Å². The van der Waals surface area contributed by atoms with Gasteiger partial charge in [0.15, 0.2) is 41.8 Å². The number of amides is 1. The summed E-state index contributed by atoms with van der Waals surface area (Å²) in [6, 6.07) is -1.81. The van der Waals surface area contributed by atoms with Crippen molar-refractivity contribution in [3.05, 3.63) is 49.8 Å². The van der Waals surface area contributed by atoms with Gasteiger partial charge in [0.2, 0.25) is 17.2 Å². The fraction of sp³-hybridized carbons (Fsp3) is 0.677. The van der Waals surface area contributed by atoms with Crippen LogP contribution in [0.2, 0.25) is 0 Å². The minimum Gasteiger partial charge on any atom is -0.492 e. The van der Waals surface area contributed by atoms with E-state index >= 15 is 0 Å². The third-order valence-electron chi connectivity index (χ3n) is 17.1. The number of methoxy groups -OCH3 is 5. The van der Waals surface area contributed by atoms with Crippen molar-refractivity contribution in [3.8, 4) is 40.9 Å². The summed E-state index contributed by atoms with van der Waals surface area (Å²) in [6.07, 6.45) is -15.1. The second-order valence-electron chi connectivity index (χ2n) is 25.4. The van der Waals surface area contributed by atoms with Gasteiger partial charge < -0.3 is 87.7 Å². The molecule has 0 saturated carbocycles. The molecule has 2 aliphatic carbocycles. The van der Waals surface area contributed by atoms with Gasteiger partial charge in [0.25, 0.3) is 0 Å². The molecule has 8 N–H and O–H groups in total. The van der Waals surface area contributed by atoms with Gasteiger partial charge in [-0.1, -0.05) is 83.9 Å². The van der Waals surface area contributed by atoms with Crippen molar-refractivity contribution in [1.82, 2.24) is 16.1 Å². The maximum absolute atomic E-state index is 14.5. The molecule has 26 nitrogen and oxygen atoms in total. The van der Waals surface area contributed by atoms with Crippen LogP contribution in [-0.4, -0.2) is 229 Å². The number of fused-ring (bicyclic) bond motifs is 2. The number of aliphatic hydroxyl groups excluding tert-OH is 4. The first kappa shape index (κ1) is 78.4. The number of thioether (sulfide) groups is 1. The number of hydroxylamine groups is 1. The smallest absolute Gasteiger partial charge is 0.411 e. The average Bonchev–Trinajstić information content (AvgIpc) is 0.761. The summed E-state index contributed by atoms with van der Waals surface area (Å²) in [5.74, 6) is 10.6. The number of ether oxygens (including phenoxy) is 12. The molecule has 4 heterocycles. The summed E-state index contributed by atoms with van der Waals surface area (Å²) in [7, 11) is 11.2. The highest BCUT2D eigenvalue weighted by molar-refractivity contribution is 14.1. The van der Waals surface area contributed by atoms with E-state index in [1.807, 2.05) is 57.2 Å². The third-order valence-corrected chi connectivity index (χ3v) is 22.9. The molecule has 95 heavy (non-hydrogen) atoms. The molecule has 4 aliphatic heterocycles. The molecule has 1 aromatic rings. The highest BCUT2D eigenvalue weighted by Gasteiger charge is 2.53. The molecule has 20 atom stereocenters. The van der Waals surface area contributed by atoms with Crippen molar-refractivity contribution in [2.75, 3.05) is 55.0 Å². The predicted molar refractivity (Wildman–Crippen MR) is 359 cm³/mol. The molecule has 18 unspecified atom stereocenters. The number of allylic oxidation sites excluding steroid dienone is 3. The fourth-order valence-electron chi connectivity index (χ4n) is 11.9. The molecule has 4 saturated heterocycles. The number of halogens is 1. The van der Waals surface area contributed by atoms with Crippen molar-refractivity contribution < 1.29 is 111 Å². The maximum Gasteiger partial charge on any atom is 0.411 e. The summed E-state index contributed by atoms with van der Waals surface area (Å²) in [6.45, 7) is 17.5. The molecule has 1 aromatic carbocycles.